The molecule has 0 radical (unpaired) electrons. The van der Waals surface area contributed by atoms with E-state index in [1.165, 1.54) is 0 Å². The Kier molecular flexibility index (Phi) is 4.61. The van der Waals surface area contributed by atoms with E-state index in [0.717, 1.165) is 0 Å². The second-order valence-electron chi connectivity index (χ2n) is 4.19. The van der Waals surface area contributed by atoms with Crippen LogP contribution < -0.4 is 5.32 Å². The van der Waals surface area contributed by atoms with Gasteiger partial charge in [0.2, 0.25) is 0 Å². The number of alkyl halides is 3. The first-order valence-corrected chi connectivity index (χ1v) is 7.08. The van der Waals surface area contributed by atoms with Crippen molar-refractivity contribution in [3.8, 4) is 0 Å². The molecule has 0 bridgehead atoms. The second-order valence-corrected chi connectivity index (χ2v) is 6.42. The van der Waals surface area contributed by atoms with Gasteiger partial charge in [0.15, 0.2) is 9.84 Å². The molecule has 1 saturated heterocycles. The summed E-state index contributed by atoms with van der Waals surface area (Å²) in [6.07, 6.45) is -4.22. The van der Waals surface area contributed by atoms with Crippen molar-refractivity contribution in [2.24, 2.45) is 5.92 Å². The van der Waals surface area contributed by atoms with Gasteiger partial charge in [-0.05, 0) is 31.8 Å². The van der Waals surface area contributed by atoms with Gasteiger partial charge in [-0.1, -0.05) is 0 Å². The summed E-state index contributed by atoms with van der Waals surface area (Å²) in [4.78, 5) is 0. The Labute approximate surface area is 93.3 Å². The fourth-order valence-corrected chi connectivity index (χ4v) is 3.61. The Hall–Kier alpha value is -0.300. The highest BCUT2D eigenvalue weighted by Gasteiger charge is 2.28. The third kappa shape index (κ3) is 5.69. The van der Waals surface area contributed by atoms with Crippen molar-refractivity contribution >= 4 is 9.84 Å². The Morgan fingerprint density at radius 2 is 2.00 bits per heavy atom. The first-order valence-electron chi connectivity index (χ1n) is 5.26. The maximum absolute atomic E-state index is 11.8. The van der Waals surface area contributed by atoms with Crippen molar-refractivity contribution in [1.82, 2.24) is 5.32 Å². The normalized spacial score (nSPS) is 24.8. The molecule has 1 heterocycles. The molecule has 3 nitrogen and oxygen atoms in total. The van der Waals surface area contributed by atoms with Gasteiger partial charge in [0.25, 0.3) is 0 Å². The molecule has 0 spiro atoms. The molecule has 1 fully saturated rings. The number of hydrogen-bond acceptors (Lipinski definition) is 3. The zero-order chi connectivity index (χ0) is 12.2. The van der Waals surface area contributed by atoms with E-state index in [2.05, 4.69) is 5.32 Å². The van der Waals surface area contributed by atoms with Crippen LogP contribution in [-0.2, 0) is 9.84 Å². The molecule has 0 aromatic rings. The van der Waals surface area contributed by atoms with E-state index < -0.39 is 22.4 Å². The van der Waals surface area contributed by atoms with Gasteiger partial charge in [-0.25, -0.2) is 8.42 Å². The SMILES string of the molecule is O=S1(=O)CCC(CNCCCC(F)(F)F)C1. The molecule has 1 unspecified atom stereocenters. The largest absolute Gasteiger partial charge is 0.389 e. The maximum Gasteiger partial charge on any atom is 0.389 e. The van der Waals surface area contributed by atoms with Gasteiger partial charge < -0.3 is 5.32 Å². The fourth-order valence-electron chi connectivity index (χ4n) is 1.75. The van der Waals surface area contributed by atoms with Gasteiger partial charge in [0.1, 0.15) is 0 Å². The molecule has 0 saturated carbocycles. The molecule has 96 valence electrons. The fraction of sp³-hybridized carbons (Fsp3) is 1.00. The predicted molar refractivity (Wildman–Crippen MR) is 54.9 cm³/mol. The highest BCUT2D eigenvalue weighted by Crippen LogP contribution is 2.21. The van der Waals surface area contributed by atoms with Crippen LogP contribution in [0.4, 0.5) is 13.2 Å². The minimum absolute atomic E-state index is 0.0446. The summed E-state index contributed by atoms with van der Waals surface area (Å²) in [5.74, 6) is 0.442. The molecule has 1 N–H and O–H groups in total. The van der Waals surface area contributed by atoms with Crippen LogP contribution in [0.1, 0.15) is 19.3 Å². The van der Waals surface area contributed by atoms with Crippen molar-refractivity contribution in [2.75, 3.05) is 24.6 Å². The lowest BCUT2D eigenvalue weighted by Gasteiger charge is -2.10. The van der Waals surface area contributed by atoms with E-state index in [9.17, 15) is 21.6 Å². The standard InChI is InChI=1S/C9H16F3NO2S/c10-9(11,12)3-1-4-13-6-8-2-5-16(14,15)7-8/h8,13H,1-7H2. The molecular formula is C9H16F3NO2S. The van der Waals surface area contributed by atoms with Crippen LogP contribution in [0, 0.1) is 5.92 Å². The summed E-state index contributed by atoms with van der Waals surface area (Å²) in [5, 5.41) is 2.87. The average molecular weight is 259 g/mol. The first-order chi connectivity index (χ1) is 7.29. The van der Waals surface area contributed by atoms with E-state index in [1.807, 2.05) is 0 Å². The van der Waals surface area contributed by atoms with Crippen LogP contribution >= 0.6 is 0 Å². The lowest BCUT2D eigenvalue weighted by molar-refractivity contribution is -0.135. The predicted octanol–water partition coefficient (Wildman–Crippen LogP) is 1.35. The number of halogens is 3. The summed E-state index contributed by atoms with van der Waals surface area (Å²) >= 11 is 0. The van der Waals surface area contributed by atoms with Crippen molar-refractivity contribution in [3.63, 3.8) is 0 Å². The van der Waals surface area contributed by atoms with E-state index in [1.54, 1.807) is 0 Å². The molecule has 1 aliphatic heterocycles. The van der Waals surface area contributed by atoms with E-state index >= 15 is 0 Å². The average Bonchev–Trinajstić information content (AvgIpc) is 2.43. The van der Waals surface area contributed by atoms with E-state index in [0.29, 0.717) is 13.0 Å². The summed E-state index contributed by atoms with van der Waals surface area (Å²) in [7, 11) is -2.88. The Morgan fingerprint density at radius 3 is 2.50 bits per heavy atom. The summed E-state index contributed by atoms with van der Waals surface area (Å²) in [6.45, 7) is 0.785. The van der Waals surface area contributed by atoms with Crippen LogP contribution in [0.5, 0.6) is 0 Å². The monoisotopic (exact) mass is 259 g/mol. The lowest BCUT2D eigenvalue weighted by atomic mass is 10.1. The Balaban J connectivity index is 2.05. The second kappa shape index (κ2) is 5.35. The summed E-state index contributed by atoms with van der Waals surface area (Å²) in [6, 6.07) is 0. The Bertz CT molecular complexity index is 313. The van der Waals surface area contributed by atoms with E-state index in [-0.39, 0.29) is 30.4 Å². The lowest BCUT2D eigenvalue weighted by Crippen LogP contribution is -2.25. The number of hydrogen-bond donors (Lipinski definition) is 1. The topological polar surface area (TPSA) is 46.2 Å². The van der Waals surface area contributed by atoms with Gasteiger partial charge >= 0.3 is 6.18 Å². The zero-order valence-corrected chi connectivity index (χ0v) is 9.70. The maximum atomic E-state index is 11.8. The molecular weight excluding hydrogens is 243 g/mol. The molecule has 1 aliphatic rings. The minimum Gasteiger partial charge on any atom is -0.316 e. The van der Waals surface area contributed by atoms with Crippen LogP contribution in [-0.4, -0.2) is 39.2 Å². The molecule has 1 atom stereocenters. The number of rotatable bonds is 5. The third-order valence-electron chi connectivity index (χ3n) is 2.57. The molecule has 0 aromatic heterocycles. The molecule has 0 aliphatic carbocycles. The summed E-state index contributed by atoms with van der Waals surface area (Å²) < 4.78 is 57.5. The number of sulfone groups is 1. The quantitative estimate of drug-likeness (QED) is 0.758. The van der Waals surface area contributed by atoms with Crippen molar-refractivity contribution in [1.29, 1.82) is 0 Å². The van der Waals surface area contributed by atoms with Gasteiger partial charge in [0, 0.05) is 6.42 Å². The molecule has 7 heteroatoms. The highest BCUT2D eigenvalue weighted by atomic mass is 32.2. The van der Waals surface area contributed by atoms with Crippen LogP contribution in [0.2, 0.25) is 0 Å². The van der Waals surface area contributed by atoms with E-state index in [4.69, 9.17) is 0 Å². The third-order valence-corrected chi connectivity index (χ3v) is 4.41. The molecule has 16 heavy (non-hydrogen) atoms. The Morgan fingerprint density at radius 1 is 1.31 bits per heavy atom. The van der Waals surface area contributed by atoms with Crippen molar-refractivity contribution in [2.45, 2.75) is 25.4 Å². The molecule has 0 aromatic carbocycles. The van der Waals surface area contributed by atoms with Crippen LogP contribution in [0.15, 0.2) is 0 Å². The molecule has 0 amide bonds. The van der Waals surface area contributed by atoms with Gasteiger partial charge in [-0.15, -0.1) is 0 Å². The minimum atomic E-state index is -4.10. The highest BCUT2D eigenvalue weighted by molar-refractivity contribution is 7.91. The number of nitrogens with one attached hydrogen (secondary N) is 1. The van der Waals surface area contributed by atoms with Crippen LogP contribution in [0.3, 0.4) is 0 Å². The van der Waals surface area contributed by atoms with Crippen LogP contribution in [0.25, 0.3) is 0 Å². The first kappa shape index (κ1) is 13.8. The molecule has 1 rings (SSSR count). The summed E-state index contributed by atoms with van der Waals surface area (Å²) in [5.41, 5.74) is 0. The van der Waals surface area contributed by atoms with Gasteiger partial charge in [-0.2, -0.15) is 13.2 Å². The smallest absolute Gasteiger partial charge is 0.316 e. The van der Waals surface area contributed by atoms with Crippen molar-refractivity contribution < 1.29 is 21.6 Å². The van der Waals surface area contributed by atoms with Crippen molar-refractivity contribution in [3.05, 3.63) is 0 Å². The van der Waals surface area contributed by atoms with Gasteiger partial charge in [0.05, 0.1) is 11.5 Å². The zero-order valence-electron chi connectivity index (χ0n) is 8.89. The van der Waals surface area contributed by atoms with Gasteiger partial charge in [-0.3, -0.25) is 0 Å².